The highest BCUT2D eigenvalue weighted by Crippen LogP contribution is 2.41. The zero-order valence-corrected chi connectivity index (χ0v) is 17.5. The summed E-state index contributed by atoms with van der Waals surface area (Å²) in [5.41, 5.74) is 0.342. The number of amides is 1. The molecule has 0 bridgehead atoms. The quantitative estimate of drug-likeness (QED) is 0.655. The Hall–Kier alpha value is -3.21. The SMILES string of the molecule is O=C(Cc1ccccc1F)N1C[C@@H]2COC[C@]2(CNc2ccccn2)C1.O=C(O)C(F)(F)F. The van der Waals surface area contributed by atoms with Gasteiger partial charge in [-0.05, 0) is 23.8 Å². The minimum absolute atomic E-state index is 0.0262. The van der Waals surface area contributed by atoms with Gasteiger partial charge in [-0.1, -0.05) is 24.3 Å². The second kappa shape index (κ2) is 10.2. The van der Waals surface area contributed by atoms with Crippen molar-refractivity contribution in [3.63, 3.8) is 0 Å². The van der Waals surface area contributed by atoms with Crippen LogP contribution in [0.1, 0.15) is 5.56 Å². The predicted octanol–water partition coefficient (Wildman–Crippen LogP) is 2.98. The highest BCUT2D eigenvalue weighted by molar-refractivity contribution is 5.79. The van der Waals surface area contributed by atoms with Gasteiger partial charge in [-0.15, -0.1) is 0 Å². The summed E-state index contributed by atoms with van der Waals surface area (Å²) < 4.78 is 51.3. The molecule has 11 heteroatoms. The molecule has 1 amide bonds. The highest BCUT2D eigenvalue weighted by Gasteiger charge is 2.51. The molecule has 7 nitrogen and oxygen atoms in total. The number of nitrogens with zero attached hydrogens (tertiary/aromatic N) is 2. The topological polar surface area (TPSA) is 91.8 Å². The summed E-state index contributed by atoms with van der Waals surface area (Å²) in [4.78, 5) is 27.8. The van der Waals surface area contributed by atoms with Gasteiger partial charge in [0.1, 0.15) is 11.6 Å². The van der Waals surface area contributed by atoms with Gasteiger partial charge in [-0.3, -0.25) is 4.79 Å². The molecule has 3 heterocycles. The maximum absolute atomic E-state index is 13.8. The summed E-state index contributed by atoms with van der Waals surface area (Å²) in [6, 6.07) is 12.2. The van der Waals surface area contributed by atoms with E-state index in [9.17, 15) is 22.4 Å². The van der Waals surface area contributed by atoms with Crippen LogP contribution in [-0.4, -0.2) is 65.9 Å². The Morgan fingerprint density at radius 3 is 2.55 bits per heavy atom. The Labute approximate surface area is 187 Å². The molecule has 2 aliphatic rings. The molecule has 2 aromatic rings. The molecule has 178 valence electrons. The lowest BCUT2D eigenvalue weighted by molar-refractivity contribution is -0.192. The van der Waals surface area contributed by atoms with Gasteiger partial charge in [0.25, 0.3) is 0 Å². The molecular formula is C22H23F4N3O4. The summed E-state index contributed by atoms with van der Waals surface area (Å²) in [5.74, 6) is -1.99. The molecule has 1 aromatic carbocycles. The number of nitrogens with one attached hydrogen (secondary N) is 1. The highest BCUT2D eigenvalue weighted by atomic mass is 19.4. The number of hydrogen-bond acceptors (Lipinski definition) is 5. The Kier molecular flexibility index (Phi) is 7.52. The molecule has 2 saturated heterocycles. The van der Waals surface area contributed by atoms with Crippen LogP contribution in [0, 0.1) is 17.2 Å². The van der Waals surface area contributed by atoms with E-state index in [-0.39, 0.29) is 23.6 Å². The third-order valence-corrected chi connectivity index (χ3v) is 5.70. The van der Waals surface area contributed by atoms with E-state index in [4.69, 9.17) is 14.6 Å². The van der Waals surface area contributed by atoms with Crippen molar-refractivity contribution >= 4 is 17.7 Å². The van der Waals surface area contributed by atoms with Gasteiger partial charge in [0.2, 0.25) is 5.91 Å². The number of carboxylic acids is 1. The monoisotopic (exact) mass is 469 g/mol. The first-order chi connectivity index (χ1) is 15.6. The van der Waals surface area contributed by atoms with Crippen molar-refractivity contribution in [2.24, 2.45) is 11.3 Å². The van der Waals surface area contributed by atoms with Crippen molar-refractivity contribution in [1.82, 2.24) is 9.88 Å². The molecule has 0 aliphatic carbocycles. The van der Waals surface area contributed by atoms with Crippen LogP contribution in [0.3, 0.4) is 0 Å². The van der Waals surface area contributed by atoms with Crippen LogP contribution < -0.4 is 5.32 Å². The molecule has 0 saturated carbocycles. The second-order valence-electron chi connectivity index (χ2n) is 7.99. The number of halogens is 4. The number of ether oxygens (including phenoxy) is 1. The van der Waals surface area contributed by atoms with Crippen LogP contribution >= 0.6 is 0 Å². The summed E-state index contributed by atoms with van der Waals surface area (Å²) in [6.07, 6.45) is -3.23. The number of aliphatic carboxylic acids is 1. The van der Waals surface area contributed by atoms with E-state index in [1.54, 1.807) is 24.4 Å². The zero-order valence-electron chi connectivity index (χ0n) is 17.5. The van der Waals surface area contributed by atoms with Crippen LogP contribution in [0.25, 0.3) is 0 Å². The van der Waals surface area contributed by atoms with E-state index in [1.807, 2.05) is 23.1 Å². The van der Waals surface area contributed by atoms with Gasteiger partial charge in [0, 0.05) is 37.2 Å². The van der Waals surface area contributed by atoms with Crippen molar-refractivity contribution in [3.05, 3.63) is 60.0 Å². The van der Waals surface area contributed by atoms with Crippen LogP contribution in [0.5, 0.6) is 0 Å². The molecule has 0 radical (unpaired) electrons. The van der Waals surface area contributed by atoms with Gasteiger partial charge in [-0.2, -0.15) is 13.2 Å². The molecule has 2 atom stereocenters. The third kappa shape index (κ3) is 6.19. The number of anilines is 1. The fourth-order valence-electron chi connectivity index (χ4n) is 3.92. The third-order valence-electron chi connectivity index (χ3n) is 5.70. The molecule has 2 N–H and O–H groups in total. The van der Waals surface area contributed by atoms with E-state index >= 15 is 0 Å². The van der Waals surface area contributed by atoms with Crippen molar-refractivity contribution in [2.45, 2.75) is 12.6 Å². The molecule has 1 aromatic heterocycles. The average molecular weight is 469 g/mol. The second-order valence-corrected chi connectivity index (χ2v) is 7.99. The first kappa shape index (κ1) is 24.4. The number of rotatable bonds is 5. The van der Waals surface area contributed by atoms with Crippen LogP contribution in [-0.2, 0) is 20.7 Å². The number of hydrogen-bond donors (Lipinski definition) is 2. The summed E-state index contributed by atoms with van der Waals surface area (Å²) in [7, 11) is 0. The number of carboxylic acid groups (broad SMARTS) is 1. The van der Waals surface area contributed by atoms with Crippen molar-refractivity contribution in [1.29, 1.82) is 0 Å². The average Bonchev–Trinajstić information content (AvgIpc) is 3.32. The van der Waals surface area contributed by atoms with E-state index in [2.05, 4.69) is 10.3 Å². The molecule has 0 unspecified atom stereocenters. The minimum atomic E-state index is -5.08. The summed E-state index contributed by atoms with van der Waals surface area (Å²) in [6.45, 7) is 3.29. The Bertz CT molecular complexity index is 974. The molecule has 33 heavy (non-hydrogen) atoms. The molecule has 2 aliphatic heterocycles. The van der Waals surface area contributed by atoms with Crippen LogP contribution in [0.15, 0.2) is 48.7 Å². The minimum Gasteiger partial charge on any atom is -0.475 e. The number of aromatic nitrogens is 1. The fourth-order valence-corrected chi connectivity index (χ4v) is 3.92. The largest absolute Gasteiger partial charge is 0.490 e. The van der Waals surface area contributed by atoms with Crippen LogP contribution in [0.2, 0.25) is 0 Å². The lowest BCUT2D eigenvalue weighted by Crippen LogP contribution is -2.39. The number of fused-ring (bicyclic) bond motifs is 1. The van der Waals surface area contributed by atoms with E-state index in [0.717, 1.165) is 5.82 Å². The zero-order chi connectivity index (χ0) is 24.1. The summed E-state index contributed by atoms with van der Waals surface area (Å²) in [5, 5.41) is 10.5. The normalized spacial score (nSPS) is 21.7. The lowest BCUT2D eigenvalue weighted by atomic mass is 9.81. The Balaban J connectivity index is 0.000000383. The van der Waals surface area contributed by atoms with Crippen molar-refractivity contribution in [2.75, 3.05) is 38.2 Å². The van der Waals surface area contributed by atoms with Gasteiger partial charge in [-0.25, -0.2) is 14.2 Å². The number of benzene rings is 1. The number of alkyl halides is 3. The molecule has 4 rings (SSSR count). The van der Waals surface area contributed by atoms with Gasteiger partial charge >= 0.3 is 12.1 Å². The van der Waals surface area contributed by atoms with Crippen molar-refractivity contribution in [3.8, 4) is 0 Å². The van der Waals surface area contributed by atoms with E-state index in [1.165, 1.54) is 6.07 Å². The van der Waals surface area contributed by atoms with Gasteiger partial charge < -0.3 is 20.1 Å². The van der Waals surface area contributed by atoms with Crippen molar-refractivity contribution < 1.29 is 37.0 Å². The number of carbonyl (C=O) groups is 2. The smallest absolute Gasteiger partial charge is 0.475 e. The fraction of sp³-hybridized carbons (Fsp3) is 0.409. The molecule has 0 spiro atoms. The Morgan fingerprint density at radius 2 is 1.91 bits per heavy atom. The number of carbonyl (C=O) groups excluding carboxylic acids is 1. The molecule has 2 fully saturated rings. The van der Waals surface area contributed by atoms with E-state index < -0.39 is 12.1 Å². The van der Waals surface area contributed by atoms with Gasteiger partial charge in [0.05, 0.1) is 19.6 Å². The Morgan fingerprint density at radius 1 is 1.21 bits per heavy atom. The summed E-state index contributed by atoms with van der Waals surface area (Å²) >= 11 is 0. The van der Waals surface area contributed by atoms with Gasteiger partial charge in [0.15, 0.2) is 0 Å². The van der Waals surface area contributed by atoms with Crippen LogP contribution in [0.4, 0.5) is 23.4 Å². The lowest BCUT2D eigenvalue weighted by Gasteiger charge is -2.27. The first-order valence-corrected chi connectivity index (χ1v) is 10.1. The number of likely N-dealkylation sites (tertiary alicyclic amines) is 1. The van der Waals surface area contributed by atoms with E-state index in [0.29, 0.717) is 44.3 Å². The predicted molar refractivity (Wildman–Crippen MR) is 110 cm³/mol. The standard InChI is InChI=1S/C20H22FN3O2.C2HF3O2/c21-17-6-2-1-5-15(17)9-19(25)24-10-16-11-26-14-20(16,13-24)12-23-18-7-3-4-8-22-18;3-2(4,5)1(6)7/h1-8,16H,9-14H2,(H,22,23);(H,6,7)/t16-,20+;/m1./s1. The maximum Gasteiger partial charge on any atom is 0.490 e. The first-order valence-electron chi connectivity index (χ1n) is 10.1. The number of pyridine rings is 1. The maximum atomic E-state index is 13.8. The molecular weight excluding hydrogens is 446 g/mol.